The summed E-state index contributed by atoms with van der Waals surface area (Å²) in [6.45, 7) is 0.106. The number of nitrogens with two attached hydrogens (primary N) is 1. The molecule has 0 spiro atoms. The van der Waals surface area contributed by atoms with Crippen molar-refractivity contribution in [3.05, 3.63) is 59.5 Å². The van der Waals surface area contributed by atoms with Gasteiger partial charge in [0.2, 0.25) is 11.7 Å². The Balaban J connectivity index is 1.84. The number of carbonyl (C=O) groups excluding carboxylic acids is 1. The van der Waals surface area contributed by atoms with E-state index < -0.39 is 12.0 Å². The average Bonchev–Trinajstić information content (AvgIpc) is 2.95. The van der Waals surface area contributed by atoms with Gasteiger partial charge in [0.05, 0.1) is 12.6 Å². The quantitative estimate of drug-likeness (QED) is 0.739. The van der Waals surface area contributed by atoms with Gasteiger partial charge in [-0.05, 0) is 24.1 Å². The van der Waals surface area contributed by atoms with E-state index in [-0.39, 0.29) is 18.2 Å². The highest BCUT2D eigenvalue weighted by molar-refractivity contribution is 5.84. The number of amides is 1. The number of carboxylic acid groups (broad SMARTS) is 1. The maximum absolute atomic E-state index is 11.9. The van der Waals surface area contributed by atoms with Gasteiger partial charge in [-0.1, -0.05) is 30.3 Å². The SMILES string of the molecule is NC(Cc1ccccc1)C(=O)NCc1ccc(C(=O)O)o1. The number of hydrogen-bond donors (Lipinski definition) is 3. The molecule has 0 saturated heterocycles. The van der Waals surface area contributed by atoms with E-state index in [1.807, 2.05) is 30.3 Å². The smallest absolute Gasteiger partial charge is 0.371 e. The summed E-state index contributed by atoms with van der Waals surface area (Å²) < 4.78 is 5.04. The lowest BCUT2D eigenvalue weighted by atomic mass is 10.1. The van der Waals surface area contributed by atoms with Gasteiger partial charge >= 0.3 is 5.97 Å². The molecule has 1 aromatic carbocycles. The molecule has 4 N–H and O–H groups in total. The molecule has 0 aliphatic heterocycles. The first-order chi connectivity index (χ1) is 10.1. The van der Waals surface area contributed by atoms with Crippen LogP contribution in [0, 0.1) is 0 Å². The van der Waals surface area contributed by atoms with Gasteiger partial charge in [-0.2, -0.15) is 0 Å². The molecule has 1 heterocycles. The van der Waals surface area contributed by atoms with Gasteiger partial charge in [0.25, 0.3) is 0 Å². The molecule has 21 heavy (non-hydrogen) atoms. The van der Waals surface area contributed by atoms with Crippen LogP contribution in [0.2, 0.25) is 0 Å². The molecular formula is C15H16N2O4. The van der Waals surface area contributed by atoms with E-state index in [1.165, 1.54) is 12.1 Å². The molecule has 0 bridgehead atoms. The topological polar surface area (TPSA) is 106 Å². The predicted octanol–water partition coefficient (Wildman–Crippen LogP) is 1.16. The van der Waals surface area contributed by atoms with Crippen LogP contribution in [0.15, 0.2) is 46.9 Å². The minimum Gasteiger partial charge on any atom is -0.475 e. The predicted molar refractivity (Wildman–Crippen MR) is 75.6 cm³/mol. The largest absolute Gasteiger partial charge is 0.475 e. The van der Waals surface area contributed by atoms with Crippen molar-refractivity contribution in [2.45, 2.75) is 19.0 Å². The van der Waals surface area contributed by atoms with Gasteiger partial charge in [0.15, 0.2) is 0 Å². The van der Waals surface area contributed by atoms with Gasteiger partial charge < -0.3 is 20.6 Å². The van der Waals surface area contributed by atoms with Gasteiger partial charge in [0.1, 0.15) is 5.76 Å². The number of furan rings is 1. The molecular weight excluding hydrogens is 272 g/mol. The van der Waals surface area contributed by atoms with Crippen molar-refractivity contribution in [3.63, 3.8) is 0 Å². The fourth-order valence-corrected chi connectivity index (χ4v) is 1.85. The first-order valence-electron chi connectivity index (χ1n) is 6.45. The maximum Gasteiger partial charge on any atom is 0.371 e. The Hall–Kier alpha value is -2.60. The molecule has 0 fully saturated rings. The van der Waals surface area contributed by atoms with E-state index in [0.717, 1.165) is 5.56 Å². The summed E-state index contributed by atoms with van der Waals surface area (Å²) in [5.41, 5.74) is 6.81. The molecule has 0 saturated carbocycles. The number of nitrogens with one attached hydrogen (secondary N) is 1. The third kappa shape index (κ3) is 4.19. The number of rotatable bonds is 6. The maximum atomic E-state index is 11.9. The van der Waals surface area contributed by atoms with Crippen molar-refractivity contribution in [2.24, 2.45) is 5.73 Å². The number of benzene rings is 1. The van der Waals surface area contributed by atoms with Gasteiger partial charge in [-0.3, -0.25) is 4.79 Å². The number of hydrogen-bond acceptors (Lipinski definition) is 4. The van der Waals surface area contributed by atoms with Crippen molar-refractivity contribution in [1.82, 2.24) is 5.32 Å². The van der Waals surface area contributed by atoms with E-state index in [2.05, 4.69) is 5.32 Å². The van der Waals surface area contributed by atoms with Crippen molar-refractivity contribution in [3.8, 4) is 0 Å². The molecule has 1 atom stereocenters. The van der Waals surface area contributed by atoms with Gasteiger partial charge in [-0.25, -0.2) is 4.79 Å². The highest BCUT2D eigenvalue weighted by atomic mass is 16.4. The summed E-state index contributed by atoms with van der Waals surface area (Å²) in [6.07, 6.45) is 0.436. The van der Waals surface area contributed by atoms with Gasteiger partial charge in [-0.15, -0.1) is 0 Å². The second-order valence-electron chi connectivity index (χ2n) is 4.59. The third-order valence-electron chi connectivity index (χ3n) is 2.94. The standard InChI is InChI=1S/C15H16N2O4/c16-12(8-10-4-2-1-3-5-10)14(18)17-9-11-6-7-13(21-11)15(19)20/h1-7,12H,8-9,16H2,(H,17,18)(H,19,20). The molecule has 1 aromatic heterocycles. The molecule has 6 heteroatoms. The molecule has 2 rings (SSSR count). The lowest BCUT2D eigenvalue weighted by molar-refractivity contribution is -0.122. The molecule has 0 aliphatic carbocycles. The molecule has 6 nitrogen and oxygen atoms in total. The molecule has 2 aromatic rings. The van der Waals surface area contributed by atoms with Crippen LogP contribution >= 0.6 is 0 Å². The normalized spacial score (nSPS) is 11.9. The number of carbonyl (C=O) groups is 2. The average molecular weight is 288 g/mol. The van der Waals surface area contributed by atoms with Crippen LogP contribution in [0.4, 0.5) is 0 Å². The monoisotopic (exact) mass is 288 g/mol. The van der Waals surface area contributed by atoms with Crippen LogP contribution in [0.1, 0.15) is 21.9 Å². The summed E-state index contributed by atoms with van der Waals surface area (Å²) in [4.78, 5) is 22.5. The molecule has 110 valence electrons. The van der Waals surface area contributed by atoms with E-state index >= 15 is 0 Å². The van der Waals surface area contributed by atoms with E-state index in [0.29, 0.717) is 12.2 Å². The summed E-state index contributed by atoms with van der Waals surface area (Å²) in [5, 5.41) is 11.3. The Morgan fingerprint density at radius 1 is 1.19 bits per heavy atom. The highest BCUT2D eigenvalue weighted by Crippen LogP contribution is 2.08. The van der Waals surface area contributed by atoms with Crippen molar-refractivity contribution in [2.75, 3.05) is 0 Å². The Morgan fingerprint density at radius 2 is 1.90 bits per heavy atom. The second-order valence-corrected chi connectivity index (χ2v) is 4.59. The van der Waals surface area contributed by atoms with Crippen LogP contribution < -0.4 is 11.1 Å². The lowest BCUT2D eigenvalue weighted by Gasteiger charge is -2.11. The number of carboxylic acids is 1. The second kappa shape index (κ2) is 6.71. The van der Waals surface area contributed by atoms with Gasteiger partial charge in [0, 0.05) is 0 Å². The Bertz CT molecular complexity index is 622. The Morgan fingerprint density at radius 3 is 2.52 bits per heavy atom. The van der Waals surface area contributed by atoms with Crippen molar-refractivity contribution < 1.29 is 19.1 Å². The summed E-state index contributed by atoms with van der Waals surface area (Å²) in [6, 6.07) is 11.7. The first kappa shape index (κ1) is 14.8. The van der Waals surface area contributed by atoms with Crippen LogP contribution in [0.25, 0.3) is 0 Å². The third-order valence-corrected chi connectivity index (χ3v) is 2.94. The summed E-state index contributed by atoms with van der Waals surface area (Å²) in [7, 11) is 0. The zero-order valence-electron chi connectivity index (χ0n) is 11.3. The van der Waals surface area contributed by atoms with Crippen molar-refractivity contribution >= 4 is 11.9 Å². The zero-order valence-corrected chi connectivity index (χ0v) is 11.3. The minimum atomic E-state index is -1.15. The Labute approximate surface area is 121 Å². The van der Waals surface area contributed by atoms with Crippen LogP contribution in [0.5, 0.6) is 0 Å². The zero-order chi connectivity index (χ0) is 15.2. The Kier molecular flexibility index (Phi) is 4.73. The van der Waals surface area contributed by atoms with Crippen LogP contribution in [-0.2, 0) is 17.8 Å². The van der Waals surface area contributed by atoms with E-state index in [1.54, 1.807) is 0 Å². The molecule has 0 radical (unpaired) electrons. The van der Waals surface area contributed by atoms with Crippen molar-refractivity contribution in [1.29, 1.82) is 0 Å². The first-order valence-corrected chi connectivity index (χ1v) is 6.45. The van der Waals surface area contributed by atoms with E-state index in [4.69, 9.17) is 15.3 Å². The minimum absolute atomic E-state index is 0.106. The molecule has 0 aliphatic rings. The molecule has 1 amide bonds. The van der Waals surface area contributed by atoms with Crippen LogP contribution in [0.3, 0.4) is 0 Å². The van der Waals surface area contributed by atoms with Crippen LogP contribution in [-0.4, -0.2) is 23.0 Å². The highest BCUT2D eigenvalue weighted by Gasteiger charge is 2.15. The fraction of sp³-hybridized carbons (Fsp3) is 0.200. The summed E-state index contributed by atoms with van der Waals surface area (Å²) >= 11 is 0. The lowest BCUT2D eigenvalue weighted by Crippen LogP contribution is -2.41. The fourth-order valence-electron chi connectivity index (χ4n) is 1.85. The van der Waals surface area contributed by atoms with E-state index in [9.17, 15) is 9.59 Å². The number of aromatic carboxylic acids is 1. The summed E-state index contributed by atoms with van der Waals surface area (Å²) in [5.74, 6) is -1.25. The molecule has 1 unspecified atom stereocenters.